The molecule has 32 heavy (non-hydrogen) atoms. The van der Waals surface area contributed by atoms with Crippen molar-refractivity contribution in [3.63, 3.8) is 0 Å². The molecular weight excluding hydrogens is 415 g/mol. The second-order valence-electron chi connectivity index (χ2n) is 10.3. The summed E-state index contributed by atoms with van der Waals surface area (Å²) in [6, 6.07) is 4.12. The van der Waals surface area contributed by atoms with Gasteiger partial charge in [0.1, 0.15) is 5.75 Å². The second kappa shape index (κ2) is 17.8. The normalized spacial score (nSPS) is 11.8. The molecule has 0 bridgehead atoms. The van der Waals surface area contributed by atoms with E-state index in [1.807, 2.05) is 6.07 Å². The van der Waals surface area contributed by atoms with Crippen molar-refractivity contribution in [3.8, 4) is 5.75 Å². The van der Waals surface area contributed by atoms with E-state index in [1.165, 1.54) is 93.7 Å². The fraction of sp³-hybridized carbons (Fsp3) is 0.786. The minimum Gasteiger partial charge on any atom is -0.427 e. The van der Waals surface area contributed by atoms with Gasteiger partial charge in [-0.1, -0.05) is 105 Å². The fourth-order valence-electron chi connectivity index (χ4n) is 4.61. The van der Waals surface area contributed by atoms with Gasteiger partial charge < -0.3 is 14.3 Å². The van der Waals surface area contributed by atoms with Gasteiger partial charge >= 0.3 is 8.60 Å². The lowest BCUT2D eigenvalue weighted by Gasteiger charge is -2.19. The molecule has 1 rings (SSSR count). The molecule has 0 saturated carbocycles. The van der Waals surface area contributed by atoms with E-state index in [0.29, 0.717) is 5.75 Å². The van der Waals surface area contributed by atoms with Crippen LogP contribution in [-0.2, 0) is 19.3 Å². The minimum absolute atomic E-state index is 0.660. The molecule has 3 nitrogen and oxygen atoms in total. The molecule has 0 heterocycles. The van der Waals surface area contributed by atoms with Crippen LogP contribution in [0.25, 0.3) is 0 Å². The van der Waals surface area contributed by atoms with E-state index in [0.717, 1.165) is 31.1 Å². The zero-order valence-electron chi connectivity index (χ0n) is 21.7. The summed E-state index contributed by atoms with van der Waals surface area (Å²) in [6.45, 7) is 11.4. The van der Waals surface area contributed by atoms with Crippen molar-refractivity contribution in [1.29, 1.82) is 0 Å². The summed E-state index contributed by atoms with van der Waals surface area (Å²) in [5.74, 6) is 2.29. The summed E-state index contributed by atoms with van der Waals surface area (Å²) in [6.07, 6.45) is 18.8. The lowest BCUT2D eigenvalue weighted by Crippen LogP contribution is -2.04. The van der Waals surface area contributed by atoms with E-state index >= 15 is 0 Å². The van der Waals surface area contributed by atoms with E-state index in [1.54, 1.807) is 0 Å². The average molecular weight is 467 g/mol. The molecule has 0 aliphatic rings. The molecule has 0 aliphatic carbocycles. The number of rotatable bonds is 19. The van der Waals surface area contributed by atoms with E-state index in [-0.39, 0.29) is 0 Å². The van der Waals surface area contributed by atoms with Crippen LogP contribution in [0.3, 0.4) is 0 Å². The van der Waals surface area contributed by atoms with Gasteiger partial charge in [-0.05, 0) is 66.7 Å². The van der Waals surface area contributed by atoms with Gasteiger partial charge in [0.25, 0.3) is 0 Å². The van der Waals surface area contributed by atoms with E-state index < -0.39 is 8.60 Å². The van der Waals surface area contributed by atoms with Gasteiger partial charge in [0.2, 0.25) is 0 Å². The lowest BCUT2D eigenvalue weighted by atomic mass is 9.90. The Hall–Kier alpha value is -0.630. The molecular formula is C28H51O3P. The summed E-state index contributed by atoms with van der Waals surface area (Å²) in [5.41, 5.74) is 4.02. The lowest BCUT2D eigenvalue weighted by molar-refractivity contribution is 0.373. The first-order valence-electron chi connectivity index (χ1n) is 13.3. The fourth-order valence-corrected chi connectivity index (χ4v) is 4.96. The van der Waals surface area contributed by atoms with Gasteiger partial charge in [-0.2, -0.15) is 0 Å². The van der Waals surface area contributed by atoms with Gasteiger partial charge in [0.05, 0.1) is 0 Å². The van der Waals surface area contributed by atoms with Gasteiger partial charge in [0.15, 0.2) is 0 Å². The van der Waals surface area contributed by atoms with Crippen molar-refractivity contribution in [3.05, 3.63) is 28.8 Å². The van der Waals surface area contributed by atoms with Crippen molar-refractivity contribution in [2.24, 2.45) is 11.8 Å². The second-order valence-corrected chi connectivity index (χ2v) is 11.0. The van der Waals surface area contributed by atoms with Crippen LogP contribution < -0.4 is 4.52 Å². The van der Waals surface area contributed by atoms with Crippen LogP contribution in [0.2, 0.25) is 0 Å². The number of aryl methyl sites for hydroxylation is 1. The van der Waals surface area contributed by atoms with E-state index in [4.69, 9.17) is 4.52 Å². The molecule has 0 radical (unpaired) electrons. The maximum atomic E-state index is 9.40. The smallest absolute Gasteiger partial charge is 0.391 e. The van der Waals surface area contributed by atoms with Gasteiger partial charge in [-0.3, -0.25) is 0 Å². The zero-order valence-corrected chi connectivity index (χ0v) is 22.6. The molecule has 0 spiro atoms. The first-order chi connectivity index (χ1) is 15.3. The van der Waals surface area contributed by atoms with Crippen molar-refractivity contribution in [2.45, 2.75) is 131 Å². The Kier molecular flexibility index (Phi) is 16.3. The van der Waals surface area contributed by atoms with Crippen LogP contribution in [-0.4, -0.2) is 9.79 Å². The molecule has 186 valence electrons. The van der Waals surface area contributed by atoms with Gasteiger partial charge in [-0.25, -0.2) is 0 Å². The Labute approximate surface area is 200 Å². The third-order valence-corrected chi connectivity index (χ3v) is 6.81. The van der Waals surface area contributed by atoms with Gasteiger partial charge in [-0.15, -0.1) is 0 Å². The summed E-state index contributed by atoms with van der Waals surface area (Å²) in [5, 5.41) is 0. The first kappa shape index (κ1) is 29.4. The zero-order chi connectivity index (χ0) is 23.8. The molecule has 2 N–H and O–H groups in total. The number of hydrogen-bond acceptors (Lipinski definition) is 3. The predicted molar refractivity (Wildman–Crippen MR) is 140 cm³/mol. The van der Waals surface area contributed by atoms with Crippen molar-refractivity contribution in [1.82, 2.24) is 0 Å². The highest BCUT2D eigenvalue weighted by Gasteiger charge is 2.15. The molecule has 1 aromatic carbocycles. The highest BCUT2D eigenvalue weighted by molar-refractivity contribution is 7.39. The van der Waals surface area contributed by atoms with Crippen LogP contribution in [0.5, 0.6) is 5.75 Å². The topological polar surface area (TPSA) is 49.7 Å². The van der Waals surface area contributed by atoms with Crippen molar-refractivity contribution >= 4 is 8.60 Å². The molecule has 0 fully saturated rings. The molecule has 1 aromatic rings. The van der Waals surface area contributed by atoms with Crippen LogP contribution in [0.4, 0.5) is 0 Å². The highest BCUT2D eigenvalue weighted by Crippen LogP contribution is 2.36. The molecule has 0 aromatic heterocycles. The number of benzene rings is 1. The molecule has 0 saturated heterocycles. The third-order valence-electron chi connectivity index (χ3n) is 6.45. The molecule has 0 amide bonds. The standard InChI is InChI=1S/C28H51O3P/c1-6-26-27(20-16-12-8-10-14-18-24(4)5)25(21-22-28(26)31-32(29)30)19-15-11-7-9-13-17-23(2)3/h21-24,29-30H,6-20H2,1-5H3. The molecule has 4 heteroatoms. The SMILES string of the molecule is CCc1c(OP(O)O)ccc(CCCCCCCC(C)C)c1CCCCCCCC(C)C. The summed E-state index contributed by atoms with van der Waals surface area (Å²) in [4.78, 5) is 18.8. The Bertz CT molecular complexity index is 599. The minimum atomic E-state index is -2.37. The highest BCUT2D eigenvalue weighted by atomic mass is 31.2. The van der Waals surface area contributed by atoms with Crippen LogP contribution in [0.15, 0.2) is 12.1 Å². The monoisotopic (exact) mass is 466 g/mol. The van der Waals surface area contributed by atoms with Crippen molar-refractivity contribution < 1.29 is 14.3 Å². The number of hydrogen-bond donors (Lipinski definition) is 2. The largest absolute Gasteiger partial charge is 0.427 e. The summed E-state index contributed by atoms with van der Waals surface area (Å²) in [7, 11) is -2.37. The Morgan fingerprint density at radius 1 is 0.688 bits per heavy atom. The van der Waals surface area contributed by atoms with Crippen LogP contribution >= 0.6 is 8.60 Å². The van der Waals surface area contributed by atoms with Crippen LogP contribution in [0.1, 0.15) is 128 Å². The maximum absolute atomic E-state index is 9.40. The van der Waals surface area contributed by atoms with Gasteiger partial charge in [0, 0.05) is 0 Å². The first-order valence-corrected chi connectivity index (χ1v) is 14.5. The predicted octanol–water partition coefficient (Wildman–Crippen LogP) is 8.92. The van der Waals surface area contributed by atoms with Crippen LogP contribution in [0, 0.1) is 11.8 Å². The molecule has 0 unspecified atom stereocenters. The summed E-state index contributed by atoms with van der Waals surface area (Å²) >= 11 is 0. The Balaban J connectivity index is 2.64. The maximum Gasteiger partial charge on any atom is 0.391 e. The molecule has 0 aliphatic heterocycles. The third kappa shape index (κ3) is 13.2. The summed E-state index contributed by atoms with van der Waals surface area (Å²) < 4.78 is 5.38. The quantitative estimate of drug-likeness (QED) is 0.158. The van der Waals surface area contributed by atoms with E-state index in [2.05, 4.69) is 40.7 Å². The number of unbranched alkanes of at least 4 members (excludes halogenated alkanes) is 8. The van der Waals surface area contributed by atoms with E-state index in [9.17, 15) is 9.79 Å². The molecule has 0 atom stereocenters. The average Bonchev–Trinajstić information content (AvgIpc) is 2.72. The Morgan fingerprint density at radius 3 is 1.69 bits per heavy atom. The van der Waals surface area contributed by atoms with Crippen molar-refractivity contribution in [2.75, 3.05) is 0 Å². The Morgan fingerprint density at radius 2 is 1.19 bits per heavy atom.